The topological polar surface area (TPSA) is 110 Å². The molecule has 3 rings (SSSR count). The van der Waals surface area contributed by atoms with Gasteiger partial charge in [-0.1, -0.05) is 30.3 Å². The predicted octanol–water partition coefficient (Wildman–Crippen LogP) is 2.18. The van der Waals surface area contributed by atoms with Crippen LogP contribution in [0.4, 0.5) is 24.5 Å². The molecule has 2 aromatic carbocycles. The number of nitrogens with one attached hydrogen (secondary N) is 3. The maximum Gasteiger partial charge on any atom is 0.418 e. The van der Waals surface area contributed by atoms with Crippen molar-refractivity contribution in [2.75, 3.05) is 10.0 Å². The normalized spacial score (nSPS) is 19.6. The van der Waals surface area contributed by atoms with Gasteiger partial charge in [-0.2, -0.15) is 17.9 Å². The average Bonchev–Trinajstić information content (AvgIpc) is 2.54. The van der Waals surface area contributed by atoms with E-state index < -0.39 is 49.8 Å². The van der Waals surface area contributed by atoms with Crippen LogP contribution in [0.1, 0.15) is 11.1 Å². The number of anilines is 2. The van der Waals surface area contributed by atoms with Crippen LogP contribution in [0.3, 0.4) is 0 Å². The Morgan fingerprint density at radius 2 is 1.85 bits per heavy atom. The maximum atomic E-state index is 13.3. The summed E-state index contributed by atoms with van der Waals surface area (Å²) in [5, 5.41) is 2.72. The van der Waals surface area contributed by atoms with Gasteiger partial charge in [0.25, 0.3) is 0 Å². The van der Waals surface area contributed by atoms with Crippen LogP contribution < -0.4 is 14.8 Å². The largest absolute Gasteiger partial charge is 0.755 e. The van der Waals surface area contributed by atoms with Crippen LogP contribution >= 0.6 is 0 Å². The first kappa shape index (κ1) is 19.6. The van der Waals surface area contributed by atoms with Crippen LogP contribution in [0.2, 0.25) is 0 Å². The Balaban J connectivity index is 2.03. The Hall–Kier alpha value is -2.15. The van der Waals surface area contributed by atoms with Crippen LogP contribution in [-0.2, 0) is 33.9 Å². The molecule has 0 bridgehead atoms. The SMILES string of the molecule is O=S([O-])Nc1cc2c(cc1C(F)(F)F)NC(Cc1ccccc1)NS2(=O)=O. The molecule has 2 aromatic rings. The number of halogens is 3. The predicted molar refractivity (Wildman–Crippen MR) is 91.9 cm³/mol. The van der Waals surface area contributed by atoms with Gasteiger partial charge in [0.05, 0.1) is 23.1 Å². The smallest absolute Gasteiger partial charge is 0.418 e. The van der Waals surface area contributed by atoms with E-state index in [9.17, 15) is 30.4 Å². The average molecular weight is 420 g/mol. The van der Waals surface area contributed by atoms with Gasteiger partial charge in [-0.15, -0.1) is 0 Å². The highest BCUT2D eigenvalue weighted by Crippen LogP contribution is 2.40. The number of rotatable bonds is 4. The summed E-state index contributed by atoms with van der Waals surface area (Å²) in [6.45, 7) is 0. The van der Waals surface area contributed by atoms with Crippen molar-refractivity contribution in [2.24, 2.45) is 0 Å². The highest BCUT2D eigenvalue weighted by Gasteiger charge is 2.38. The number of fused-ring (bicyclic) bond motifs is 1. The summed E-state index contributed by atoms with van der Waals surface area (Å²) in [7, 11) is -4.15. The molecule has 3 N–H and O–H groups in total. The summed E-state index contributed by atoms with van der Waals surface area (Å²) in [6, 6.07) is 10.0. The molecule has 0 aliphatic carbocycles. The molecule has 12 heteroatoms. The second kappa shape index (κ2) is 7.11. The van der Waals surface area contributed by atoms with Gasteiger partial charge in [0.1, 0.15) is 4.90 Å². The zero-order valence-electron chi connectivity index (χ0n) is 13.4. The molecule has 0 aromatic heterocycles. The third-order valence-corrected chi connectivity index (χ3v) is 5.72. The molecule has 0 amide bonds. The molecule has 0 radical (unpaired) electrons. The highest BCUT2D eigenvalue weighted by molar-refractivity contribution is 7.89. The molecule has 2 atom stereocenters. The molecule has 0 saturated heterocycles. The minimum Gasteiger partial charge on any atom is -0.755 e. The van der Waals surface area contributed by atoms with E-state index >= 15 is 0 Å². The third-order valence-electron chi connectivity index (χ3n) is 3.82. The number of hydrogen-bond donors (Lipinski definition) is 3. The third kappa shape index (κ3) is 4.40. The van der Waals surface area contributed by atoms with E-state index in [-0.39, 0.29) is 12.1 Å². The van der Waals surface area contributed by atoms with Crippen molar-refractivity contribution in [2.45, 2.75) is 23.7 Å². The van der Waals surface area contributed by atoms with Gasteiger partial charge in [0.15, 0.2) is 0 Å². The van der Waals surface area contributed by atoms with Crippen molar-refractivity contribution >= 4 is 32.7 Å². The molecule has 1 heterocycles. The molecule has 0 spiro atoms. The van der Waals surface area contributed by atoms with E-state index in [1.54, 1.807) is 35.1 Å². The summed E-state index contributed by atoms with van der Waals surface area (Å²) >= 11 is -3.06. The lowest BCUT2D eigenvalue weighted by atomic mass is 10.1. The summed E-state index contributed by atoms with van der Waals surface area (Å²) in [5.74, 6) is 0. The molecular formula is C15H13F3N3O4S2-. The van der Waals surface area contributed by atoms with E-state index in [1.165, 1.54) is 0 Å². The molecule has 1 aliphatic rings. The molecule has 0 saturated carbocycles. The Morgan fingerprint density at radius 1 is 1.19 bits per heavy atom. The fourth-order valence-corrected chi connectivity index (χ4v) is 4.41. The molecule has 7 nitrogen and oxygen atoms in total. The molecule has 0 fully saturated rings. The first-order valence-electron chi connectivity index (χ1n) is 7.50. The van der Waals surface area contributed by atoms with Crippen LogP contribution in [-0.4, -0.2) is 23.3 Å². The van der Waals surface area contributed by atoms with E-state index in [0.29, 0.717) is 12.1 Å². The minimum absolute atomic E-state index is 0.200. The lowest BCUT2D eigenvalue weighted by Crippen LogP contribution is -2.46. The number of hydrogen-bond acceptors (Lipinski definition) is 5. The van der Waals surface area contributed by atoms with Crippen LogP contribution in [0.15, 0.2) is 47.4 Å². The van der Waals surface area contributed by atoms with Crippen molar-refractivity contribution in [3.8, 4) is 0 Å². The van der Waals surface area contributed by atoms with Gasteiger partial charge in [-0.3, -0.25) is 4.21 Å². The van der Waals surface area contributed by atoms with Crippen molar-refractivity contribution in [1.29, 1.82) is 0 Å². The van der Waals surface area contributed by atoms with E-state index in [2.05, 4.69) is 10.0 Å². The van der Waals surface area contributed by atoms with Gasteiger partial charge >= 0.3 is 6.18 Å². The standard InChI is InChI=1S/C15H14F3N3O4S2/c16-15(17,18)10-7-12-13(8-11(10)20-26(22)23)27(24,25)21-14(19-12)6-9-4-2-1-3-5-9/h1-5,7-8,14,19-21H,6H2,(H,22,23)/p-1. The van der Waals surface area contributed by atoms with Gasteiger partial charge in [-0.05, 0) is 17.7 Å². The Bertz CT molecular complexity index is 982. The van der Waals surface area contributed by atoms with E-state index in [1.807, 2.05) is 0 Å². The molecule has 1 aliphatic heterocycles. The summed E-state index contributed by atoms with van der Waals surface area (Å²) in [4.78, 5) is -0.479. The first-order chi connectivity index (χ1) is 12.6. The van der Waals surface area contributed by atoms with Crippen molar-refractivity contribution in [1.82, 2.24) is 4.72 Å². The first-order valence-corrected chi connectivity index (χ1v) is 10.1. The Kier molecular flexibility index (Phi) is 5.16. The quantitative estimate of drug-likeness (QED) is 0.657. The number of sulfonamides is 1. The number of benzene rings is 2. The second-order valence-electron chi connectivity index (χ2n) is 5.74. The second-order valence-corrected chi connectivity index (χ2v) is 8.09. The zero-order valence-corrected chi connectivity index (χ0v) is 15.0. The van der Waals surface area contributed by atoms with Gasteiger partial charge in [-0.25, -0.2) is 8.42 Å². The lowest BCUT2D eigenvalue weighted by molar-refractivity contribution is -0.136. The monoisotopic (exact) mass is 420 g/mol. The van der Waals surface area contributed by atoms with Crippen LogP contribution in [0.5, 0.6) is 0 Å². The van der Waals surface area contributed by atoms with E-state index in [4.69, 9.17) is 0 Å². The number of alkyl halides is 3. The van der Waals surface area contributed by atoms with Crippen LogP contribution in [0, 0.1) is 0 Å². The van der Waals surface area contributed by atoms with Crippen molar-refractivity contribution < 1.29 is 30.4 Å². The summed E-state index contributed by atoms with van der Waals surface area (Å²) < 4.78 is 90.2. The molecule has 27 heavy (non-hydrogen) atoms. The fraction of sp³-hybridized carbons (Fsp3) is 0.200. The van der Waals surface area contributed by atoms with E-state index in [0.717, 1.165) is 5.56 Å². The van der Waals surface area contributed by atoms with Gasteiger partial charge in [0, 0.05) is 17.7 Å². The van der Waals surface area contributed by atoms with Gasteiger partial charge < -0.3 is 14.6 Å². The molecule has 146 valence electrons. The highest BCUT2D eigenvalue weighted by atomic mass is 32.2. The Morgan fingerprint density at radius 3 is 2.44 bits per heavy atom. The molecule has 2 unspecified atom stereocenters. The summed E-state index contributed by atoms with van der Waals surface area (Å²) in [5.41, 5.74) is -1.65. The molecular weight excluding hydrogens is 407 g/mol. The minimum atomic E-state index is -4.89. The zero-order chi connectivity index (χ0) is 19.8. The van der Waals surface area contributed by atoms with Crippen molar-refractivity contribution in [3.05, 3.63) is 53.6 Å². The van der Waals surface area contributed by atoms with Crippen LogP contribution in [0.25, 0.3) is 0 Å². The maximum absolute atomic E-state index is 13.3. The fourth-order valence-electron chi connectivity index (χ4n) is 2.73. The van der Waals surface area contributed by atoms with Crippen molar-refractivity contribution in [3.63, 3.8) is 0 Å². The summed E-state index contributed by atoms with van der Waals surface area (Å²) in [6.07, 6.45) is -5.55. The van der Waals surface area contributed by atoms with Gasteiger partial charge in [0.2, 0.25) is 10.0 Å². The lowest BCUT2D eigenvalue weighted by Gasteiger charge is -2.30. The Labute approximate surface area is 155 Å².